The van der Waals surface area contributed by atoms with Crippen LogP contribution in [0.2, 0.25) is 0 Å². The minimum absolute atomic E-state index is 0.000339. The lowest BCUT2D eigenvalue weighted by Gasteiger charge is -2.38. The summed E-state index contributed by atoms with van der Waals surface area (Å²) in [7, 11) is 0. The molecule has 5 nitrogen and oxygen atoms in total. The van der Waals surface area contributed by atoms with Crippen LogP contribution in [0.1, 0.15) is 49.2 Å². The fraction of sp³-hybridized carbons (Fsp3) is 0.400. The van der Waals surface area contributed by atoms with Crippen LogP contribution in [0.25, 0.3) is 0 Å². The summed E-state index contributed by atoms with van der Waals surface area (Å²) in [5.74, 6) is 0.701. The predicted octanol–water partition coefficient (Wildman–Crippen LogP) is 5.23. The molecule has 1 saturated heterocycles. The van der Waals surface area contributed by atoms with Crippen LogP contribution in [0.5, 0.6) is 0 Å². The number of hydrogen-bond acceptors (Lipinski definition) is 4. The first-order chi connectivity index (χ1) is 16.8. The lowest BCUT2D eigenvalue weighted by Crippen LogP contribution is -2.52. The zero-order chi connectivity index (χ0) is 24.8. The molecular weight excluding hydrogens is 432 g/mol. The Morgan fingerprint density at radius 3 is 2.11 bits per heavy atom. The van der Waals surface area contributed by atoms with E-state index in [-0.39, 0.29) is 17.4 Å². The molecule has 35 heavy (non-hydrogen) atoms. The number of rotatable bonds is 7. The summed E-state index contributed by atoms with van der Waals surface area (Å²) < 4.78 is 0. The second kappa shape index (κ2) is 11.1. The lowest BCUT2D eigenvalue weighted by molar-refractivity contribution is 0.0949. The standard InChI is InChI=1S/C30H38N4O/c1-24(22-32-18-20-33(21-19-32)23-25-10-6-5-7-11-25)34(28-12-8-9-17-31-28)29(35)26-13-15-27(16-14-26)30(2,3)4/h5-17,24H,18-23H2,1-4H3/t24-/m0/s1. The highest BCUT2D eigenvalue weighted by Crippen LogP contribution is 2.24. The van der Waals surface area contributed by atoms with Gasteiger partial charge < -0.3 is 0 Å². The number of carbonyl (C=O) groups excluding carboxylic acids is 1. The average molecular weight is 471 g/mol. The Hall–Kier alpha value is -3.02. The van der Waals surface area contributed by atoms with Crippen molar-refractivity contribution in [2.75, 3.05) is 37.6 Å². The molecule has 1 fully saturated rings. The second-order valence-electron chi connectivity index (χ2n) is 10.6. The summed E-state index contributed by atoms with van der Waals surface area (Å²) >= 11 is 0. The van der Waals surface area contributed by atoms with Crippen molar-refractivity contribution in [3.63, 3.8) is 0 Å². The molecule has 0 saturated carbocycles. The number of anilines is 1. The van der Waals surface area contributed by atoms with Crippen molar-refractivity contribution in [1.82, 2.24) is 14.8 Å². The van der Waals surface area contributed by atoms with Crippen molar-refractivity contribution in [3.05, 3.63) is 95.7 Å². The van der Waals surface area contributed by atoms with Crippen molar-refractivity contribution >= 4 is 11.7 Å². The Bertz CT molecular complexity index is 1070. The van der Waals surface area contributed by atoms with Gasteiger partial charge in [-0.25, -0.2) is 4.98 Å². The van der Waals surface area contributed by atoms with Gasteiger partial charge in [0.1, 0.15) is 5.82 Å². The molecule has 0 bridgehead atoms. The van der Waals surface area contributed by atoms with Gasteiger partial charge in [-0.2, -0.15) is 0 Å². The third kappa shape index (κ3) is 6.56. The Labute approximate surface area is 210 Å². The van der Waals surface area contributed by atoms with Crippen LogP contribution in [-0.2, 0) is 12.0 Å². The van der Waals surface area contributed by atoms with Gasteiger partial charge in [0, 0.05) is 57.1 Å². The van der Waals surface area contributed by atoms with Crippen LogP contribution in [0.15, 0.2) is 79.0 Å². The number of amides is 1. The molecule has 0 unspecified atom stereocenters. The summed E-state index contributed by atoms with van der Waals surface area (Å²) in [6.45, 7) is 14.6. The van der Waals surface area contributed by atoms with Crippen LogP contribution in [0.4, 0.5) is 5.82 Å². The van der Waals surface area contributed by atoms with Crippen LogP contribution < -0.4 is 4.90 Å². The number of hydrogen-bond donors (Lipinski definition) is 0. The molecule has 4 rings (SSSR count). The van der Waals surface area contributed by atoms with Gasteiger partial charge in [-0.05, 0) is 47.7 Å². The quantitative estimate of drug-likeness (QED) is 0.474. The molecule has 5 heteroatoms. The van der Waals surface area contributed by atoms with Gasteiger partial charge >= 0.3 is 0 Å². The number of piperazine rings is 1. The van der Waals surface area contributed by atoms with Crippen molar-refractivity contribution in [1.29, 1.82) is 0 Å². The largest absolute Gasteiger partial charge is 0.299 e. The van der Waals surface area contributed by atoms with Gasteiger partial charge in [0.15, 0.2) is 0 Å². The lowest BCUT2D eigenvalue weighted by atomic mass is 9.86. The fourth-order valence-corrected chi connectivity index (χ4v) is 4.71. The van der Waals surface area contributed by atoms with E-state index in [1.54, 1.807) is 6.20 Å². The molecule has 0 radical (unpaired) electrons. The van der Waals surface area contributed by atoms with E-state index in [0.717, 1.165) is 39.3 Å². The summed E-state index contributed by atoms with van der Waals surface area (Å²) in [6, 6.07) is 24.5. The van der Waals surface area contributed by atoms with Gasteiger partial charge in [-0.1, -0.05) is 69.3 Å². The maximum absolute atomic E-state index is 13.7. The molecule has 1 aliphatic heterocycles. The Balaban J connectivity index is 1.43. The summed E-state index contributed by atoms with van der Waals surface area (Å²) in [4.78, 5) is 25.1. The predicted molar refractivity (Wildman–Crippen MR) is 144 cm³/mol. The molecule has 0 spiro atoms. The number of benzene rings is 2. The number of nitrogens with zero attached hydrogens (tertiary/aromatic N) is 4. The molecule has 1 amide bonds. The maximum Gasteiger partial charge on any atom is 0.259 e. The van der Waals surface area contributed by atoms with Gasteiger partial charge in [0.25, 0.3) is 5.91 Å². The Kier molecular flexibility index (Phi) is 7.99. The fourth-order valence-electron chi connectivity index (χ4n) is 4.71. The smallest absolute Gasteiger partial charge is 0.259 e. The van der Waals surface area contributed by atoms with Crippen molar-refractivity contribution in [2.24, 2.45) is 0 Å². The molecule has 1 aromatic heterocycles. The highest BCUT2D eigenvalue weighted by molar-refractivity contribution is 6.06. The number of carbonyl (C=O) groups is 1. The first-order valence-corrected chi connectivity index (χ1v) is 12.6. The first-order valence-electron chi connectivity index (χ1n) is 12.6. The normalized spacial score (nSPS) is 16.1. The molecular formula is C30H38N4O. The van der Waals surface area contributed by atoms with Crippen molar-refractivity contribution in [3.8, 4) is 0 Å². The summed E-state index contributed by atoms with van der Waals surface area (Å²) in [5.41, 5.74) is 3.33. The van der Waals surface area contributed by atoms with E-state index in [0.29, 0.717) is 11.4 Å². The van der Waals surface area contributed by atoms with Gasteiger partial charge in [-0.15, -0.1) is 0 Å². The minimum Gasteiger partial charge on any atom is -0.299 e. The molecule has 1 atom stereocenters. The van der Waals surface area contributed by atoms with Crippen LogP contribution in [-0.4, -0.2) is 59.5 Å². The van der Waals surface area contributed by atoms with E-state index in [9.17, 15) is 4.79 Å². The van der Waals surface area contributed by atoms with E-state index in [4.69, 9.17) is 0 Å². The van der Waals surface area contributed by atoms with E-state index in [2.05, 4.69) is 84.9 Å². The van der Waals surface area contributed by atoms with E-state index in [1.165, 1.54) is 11.1 Å². The van der Waals surface area contributed by atoms with E-state index >= 15 is 0 Å². The molecule has 2 aromatic carbocycles. The first kappa shape index (κ1) is 25.1. The zero-order valence-electron chi connectivity index (χ0n) is 21.5. The zero-order valence-corrected chi connectivity index (χ0v) is 21.5. The van der Waals surface area contributed by atoms with Crippen molar-refractivity contribution < 1.29 is 4.79 Å². The van der Waals surface area contributed by atoms with Crippen LogP contribution >= 0.6 is 0 Å². The minimum atomic E-state index is -0.000581. The maximum atomic E-state index is 13.7. The van der Waals surface area contributed by atoms with Crippen LogP contribution in [0, 0.1) is 0 Å². The third-order valence-corrected chi connectivity index (χ3v) is 6.79. The number of aromatic nitrogens is 1. The SMILES string of the molecule is C[C@@H](CN1CCN(Cc2ccccc2)CC1)N(C(=O)c1ccc(C(C)(C)C)cc1)c1ccccn1. The summed E-state index contributed by atoms with van der Waals surface area (Å²) in [5, 5.41) is 0. The molecule has 0 aliphatic carbocycles. The number of pyridine rings is 1. The summed E-state index contributed by atoms with van der Waals surface area (Å²) in [6.07, 6.45) is 1.76. The van der Waals surface area contributed by atoms with Crippen LogP contribution in [0.3, 0.4) is 0 Å². The Morgan fingerprint density at radius 1 is 0.886 bits per heavy atom. The molecule has 0 N–H and O–H groups in total. The molecule has 184 valence electrons. The van der Waals surface area contributed by atoms with E-state index < -0.39 is 0 Å². The highest BCUT2D eigenvalue weighted by atomic mass is 16.2. The van der Waals surface area contributed by atoms with Gasteiger partial charge in [-0.3, -0.25) is 19.5 Å². The third-order valence-electron chi connectivity index (χ3n) is 6.79. The highest BCUT2D eigenvalue weighted by Gasteiger charge is 2.27. The monoisotopic (exact) mass is 470 g/mol. The second-order valence-corrected chi connectivity index (χ2v) is 10.6. The van der Waals surface area contributed by atoms with Crippen molar-refractivity contribution in [2.45, 2.75) is 45.7 Å². The molecule has 3 aromatic rings. The van der Waals surface area contributed by atoms with Gasteiger partial charge in [0.05, 0.1) is 0 Å². The topological polar surface area (TPSA) is 39.7 Å². The van der Waals surface area contributed by atoms with Gasteiger partial charge in [0.2, 0.25) is 0 Å². The van der Waals surface area contributed by atoms with E-state index in [1.807, 2.05) is 35.2 Å². The Morgan fingerprint density at radius 2 is 1.51 bits per heavy atom. The molecule has 2 heterocycles. The average Bonchev–Trinajstić information content (AvgIpc) is 2.86. The molecule has 1 aliphatic rings.